The first-order valence-electron chi connectivity index (χ1n) is 13.0. The van der Waals surface area contributed by atoms with E-state index < -0.39 is 49.4 Å². The van der Waals surface area contributed by atoms with Gasteiger partial charge in [0.1, 0.15) is 12.2 Å². The average molecular weight is 639 g/mol. The Morgan fingerprint density at radius 2 is 2.12 bits per heavy atom. The number of nitrogens with zero attached hydrogens (tertiary/aromatic N) is 3. The Labute approximate surface area is 250 Å². The Morgan fingerprint density at radius 3 is 2.79 bits per heavy atom. The zero-order chi connectivity index (χ0) is 31.4. The summed E-state index contributed by atoms with van der Waals surface area (Å²) in [7, 11) is -4.14. The topological polar surface area (TPSA) is 204 Å². The minimum absolute atomic E-state index is 0.0680. The van der Waals surface area contributed by atoms with Gasteiger partial charge in [-0.05, 0) is 19.4 Å². The lowest BCUT2D eigenvalue weighted by Crippen LogP contribution is -2.42. The van der Waals surface area contributed by atoms with Gasteiger partial charge < -0.3 is 20.7 Å². The summed E-state index contributed by atoms with van der Waals surface area (Å²) in [4.78, 5) is 34.7. The van der Waals surface area contributed by atoms with Gasteiger partial charge >= 0.3 is 7.75 Å². The fourth-order valence-electron chi connectivity index (χ4n) is 4.06. The molecule has 2 unspecified atom stereocenters. The third-order valence-electron chi connectivity index (χ3n) is 6.62. The number of fused-ring (bicyclic) bond motifs is 1. The number of thioether (sulfide) groups is 1. The van der Waals surface area contributed by atoms with Crippen molar-refractivity contribution in [1.82, 2.24) is 24.6 Å². The van der Waals surface area contributed by atoms with E-state index in [0.29, 0.717) is 0 Å². The number of rotatable bonds is 13. The molecule has 1 aliphatic heterocycles. The van der Waals surface area contributed by atoms with Crippen LogP contribution in [-0.4, -0.2) is 78.3 Å². The van der Waals surface area contributed by atoms with Gasteiger partial charge in [-0.25, -0.2) is 19.0 Å². The summed E-state index contributed by atoms with van der Waals surface area (Å²) in [6, 6.07) is 8.94. The SMILES string of the molecule is C#C[C@@]1(F)C(O)[C@@H](COP(=O)(NCc2ccccc2)OCCSC(=O)C(C)(C)CO)O[C@H]1n1cnc2c(=O)[nH]c(N)nc21. The van der Waals surface area contributed by atoms with Crippen molar-refractivity contribution in [1.29, 1.82) is 0 Å². The smallest absolute Gasteiger partial charge is 0.395 e. The summed E-state index contributed by atoms with van der Waals surface area (Å²) in [5.41, 5.74) is 1.62. The summed E-state index contributed by atoms with van der Waals surface area (Å²) in [6.45, 7) is 2.10. The molecule has 0 spiro atoms. The number of nitrogens with two attached hydrogens (primary N) is 1. The largest absolute Gasteiger partial charge is 0.405 e. The lowest BCUT2D eigenvalue weighted by molar-refractivity contribution is -0.119. The van der Waals surface area contributed by atoms with E-state index in [1.807, 2.05) is 12.0 Å². The van der Waals surface area contributed by atoms with E-state index in [-0.39, 0.29) is 47.7 Å². The Kier molecular flexibility index (Phi) is 10.1. The Balaban J connectivity index is 1.49. The first kappa shape index (κ1) is 32.8. The highest BCUT2D eigenvalue weighted by atomic mass is 32.2. The molecule has 6 N–H and O–H groups in total. The van der Waals surface area contributed by atoms with Crippen LogP contribution in [-0.2, 0) is 29.7 Å². The van der Waals surface area contributed by atoms with Gasteiger partial charge in [-0.15, -0.1) is 6.42 Å². The van der Waals surface area contributed by atoms with E-state index in [9.17, 15) is 24.4 Å². The maximum atomic E-state index is 16.1. The standard InChI is InChI=1S/C26H32FN6O8PS/c1-4-26(27)19(35)17(41-22(26)33-15-29-18-20(33)31-24(28)32-21(18)36)13-40-42(38,30-12-16-8-6-5-7-9-16)39-10-11-43-23(37)25(2,3)14-34/h1,5-9,15,17,19,22,34-35H,10-14H2,2-3H3,(H,30,38)(H3,28,31,32,36)/t17-,19?,22-,26-,42?/m1/s1. The number of aliphatic hydroxyl groups is 2. The minimum Gasteiger partial charge on any atom is -0.395 e. The predicted molar refractivity (Wildman–Crippen MR) is 156 cm³/mol. The third kappa shape index (κ3) is 7.17. The van der Waals surface area contributed by atoms with Crippen molar-refractivity contribution in [2.24, 2.45) is 5.41 Å². The van der Waals surface area contributed by atoms with E-state index in [4.69, 9.17) is 25.9 Å². The van der Waals surface area contributed by atoms with Crippen LogP contribution < -0.4 is 16.4 Å². The molecule has 1 aromatic carbocycles. The van der Waals surface area contributed by atoms with Crippen molar-refractivity contribution < 1.29 is 37.7 Å². The number of nitrogens with one attached hydrogen (secondary N) is 2. The van der Waals surface area contributed by atoms with Gasteiger partial charge in [-0.3, -0.25) is 28.2 Å². The number of aromatic nitrogens is 4. The Morgan fingerprint density at radius 1 is 1.40 bits per heavy atom. The summed E-state index contributed by atoms with van der Waals surface area (Å²) in [6.07, 6.45) is 1.44. The third-order valence-corrected chi connectivity index (χ3v) is 9.37. The van der Waals surface area contributed by atoms with Gasteiger partial charge in [0.05, 0.1) is 31.6 Å². The number of aliphatic hydroxyl groups excluding tert-OH is 2. The fourth-order valence-corrected chi connectivity index (χ4v) is 6.30. The second-order valence-corrected chi connectivity index (χ2v) is 13.2. The van der Waals surface area contributed by atoms with Gasteiger partial charge in [0.25, 0.3) is 5.56 Å². The van der Waals surface area contributed by atoms with Gasteiger partial charge in [0.15, 0.2) is 22.5 Å². The van der Waals surface area contributed by atoms with Crippen LogP contribution in [0.15, 0.2) is 41.5 Å². The number of benzene rings is 1. The highest BCUT2D eigenvalue weighted by molar-refractivity contribution is 8.13. The number of hydrogen-bond donors (Lipinski definition) is 5. The highest BCUT2D eigenvalue weighted by Gasteiger charge is 2.58. The molecule has 0 amide bonds. The van der Waals surface area contributed by atoms with Crippen LogP contribution in [0.4, 0.5) is 10.3 Å². The second kappa shape index (κ2) is 13.2. The molecule has 0 radical (unpaired) electrons. The average Bonchev–Trinajstić information content (AvgIpc) is 3.52. The molecule has 1 fully saturated rings. The molecule has 3 aromatic rings. The lowest BCUT2D eigenvalue weighted by Gasteiger charge is -2.24. The van der Waals surface area contributed by atoms with E-state index >= 15 is 4.39 Å². The van der Waals surface area contributed by atoms with E-state index in [2.05, 4.69) is 20.0 Å². The number of anilines is 1. The number of imidazole rings is 1. The summed E-state index contributed by atoms with van der Waals surface area (Å²) >= 11 is 0.898. The van der Waals surface area contributed by atoms with Crippen LogP contribution in [0.2, 0.25) is 0 Å². The molecule has 2 aromatic heterocycles. The zero-order valence-corrected chi connectivity index (χ0v) is 25.0. The number of H-pyrrole nitrogens is 1. The molecule has 0 saturated carbocycles. The molecular formula is C26H32FN6O8PS. The number of alkyl halides is 1. The number of halogens is 1. The van der Waals surface area contributed by atoms with Crippen LogP contribution >= 0.6 is 19.5 Å². The second-order valence-electron chi connectivity index (χ2n) is 10.3. The quantitative estimate of drug-likeness (QED) is 0.102. The van der Waals surface area contributed by atoms with Crippen LogP contribution in [0.5, 0.6) is 0 Å². The van der Waals surface area contributed by atoms with Crippen molar-refractivity contribution in [3.05, 3.63) is 52.6 Å². The number of carbonyl (C=O) groups is 1. The molecule has 14 nitrogen and oxygen atoms in total. The number of ether oxygens (including phenoxy) is 1. The van der Waals surface area contributed by atoms with Crippen molar-refractivity contribution in [2.45, 2.75) is 44.5 Å². The highest BCUT2D eigenvalue weighted by Crippen LogP contribution is 2.47. The number of nitrogen functional groups attached to an aromatic ring is 1. The Bertz CT molecular complexity index is 1600. The van der Waals surface area contributed by atoms with Crippen LogP contribution in [0, 0.1) is 17.8 Å². The van der Waals surface area contributed by atoms with E-state index in [1.54, 1.807) is 38.1 Å². The van der Waals surface area contributed by atoms with Crippen molar-refractivity contribution in [2.75, 3.05) is 31.3 Å². The van der Waals surface area contributed by atoms with E-state index in [1.165, 1.54) is 0 Å². The van der Waals surface area contributed by atoms with Gasteiger partial charge in [0.2, 0.25) is 11.6 Å². The normalized spacial score (nSPS) is 23.7. The molecule has 4 rings (SSSR count). The molecular weight excluding hydrogens is 606 g/mol. The summed E-state index contributed by atoms with van der Waals surface area (Å²) in [5, 5.41) is 22.7. The predicted octanol–water partition coefficient (Wildman–Crippen LogP) is 1.51. The maximum Gasteiger partial charge on any atom is 0.405 e. The molecule has 0 bridgehead atoms. The van der Waals surface area contributed by atoms with Crippen molar-refractivity contribution >= 4 is 41.7 Å². The van der Waals surface area contributed by atoms with Crippen LogP contribution in [0.1, 0.15) is 25.6 Å². The molecule has 232 valence electrons. The summed E-state index contributed by atoms with van der Waals surface area (Å²) < 4.78 is 47.7. The number of carbonyl (C=O) groups excluding carboxylic acids is 1. The van der Waals surface area contributed by atoms with Crippen LogP contribution in [0.3, 0.4) is 0 Å². The number of hydrogen-bond acceptors (Lipinski definition) is 12. The Hall–Kier alpha value is -3.13. The van der Waals surface area contributed by atoms with Gasteiger partial charge in [-0.2, -0.15) is 4.98 Å². The molecule has 1 saturated heterocycles. The van der Waals surface area contributed by atoms with Crippen molar-refractivity contribution in [3.8, 4) is 12.3 Å². The van der Waals surface area contributed by atoms with Gasteiger partial charge in [0, 0.05) is 12.3 Å². The fraction of sp³-hybridized carbons (Fsp3) is 0.462. The van der Waals surface area contributed by atoms with Crippen LogP contribution in [0.25, 0.3) is 11.2 Å². The van der Waals surface area contributed by atoms with Crippen molar-refractivity contribution in [3.63, 3.8) is 0 Å². The molecule has 0 aliphatic carbocycles. The number of terminal acetylenes is 1. The van der Waals surface area contributed by atoms with Gasteiger partial charge in [-0.1, -0.05) is 48.0 Å². The van der Waals surface area contributed by atoms with E-state index in [0.717, 1.165) is 28.2 Å². The zero-order valence-electron chi connectivity index (χ0n) is 23.3. The summed E-state index contributed by atoms with van der Waals surface area (Å²) in [5.74, 6) is 1.75. The first-order valence-corrected chi connectivity index (χ1v) is 15.5. The molecule has 5 atom stereocenters. The number of aromatic amines is 1. The lowest BCUT2D eigenvalue weighted by atomic mass is 9.97. The monoisotopic (exact) mass is 638 g/mol. The molecule has 1 aliphatic rings. The maximum absolute atomic E-state index is 16.1. The molecule has 3 heterocycles. The molecule has 43 heavy (non-hydrogen) atoms. The molecule has 17 heteroatoms. The first-order chi connectivity index (χ1) is 20.3. The minimum atomic E-state index is -4.14.